The molecule has 92 valence electrons. The quantitative estimate of drug-likeness (QED) is 0.702. The lowest BCUT2D eigenvalue weighted by Crippen LogP contribution is -2.35. The summed E-state index contributed by atoms with van der Waals surface area (Å²) in [7, 11) is 0. The molecule has 1 heterocycles. The van der Waals surface area contributed by atoms with Gasteiger partial charge in [-0.2, -0.15) is 0 Å². The Balaban J connectivity index is 1.90. The number of alkyl halides is 2. The standard InChI is InChI=1S/C12H19Cl2NO/c13-7-10-1-3-12(4-2-10)5-6-15(9-12)11(16)8-14/h10H,1-9H2. The van der Waals surface area contributed by atoms with E-state index in [1.165, 1.54) is 25.7 Å². The maximum atomic E-state index is 11.5. The Bertz CT molecular complexity index is 262. The smallest absolute Gasteiger partial charge is 0.237 e. The molecular formula is C12H19Cl2NO. The van der Waals surface area contributed by atoms with Crippen LogP contribution in [0.15, 0.2) is 0 Å². The van der Waals surface area contributed by atoms with Crippen molar-refractivity contribution in [1.29, 1.82) is 0 Å². The number of carbonyl (C=O) groups excluding carboxylic acids is 1. The van der Waals surface area contributed by atoms with Gasteiger partial charge in [0.2, 0.25) is 5.91 Å². The van der Waals surface area contributed by atoms with Crippen LogP contribution in [0.2, 0.25) is 0 Å². The Labute approximate surface area is 107 Å². The van der Waals surface area contributed by atoms with Gasteiger partial charge in [-0.3, -0.25) is 4.79 Å². The Morgan fingerprint density at radius 1 is 1.25 bits per heavy atom. The molecule has 1 amide bonds. The van der Waals surface area contributed by atoms with Crippen LogP contribution in [-0.2, 0) is 4.79 Å². The van der Waals surface area contributed by atoms with Crippen molar-refractivity contribution in [2.75, 3.05) is 24.8 Å². The highest BCUT2D eigenvalue weighted by atomic mass is 35.5. The predicted molar refractivity (Wildman–Crippen MR) is 67.0 cm³/mol. The van der Waals surface area contributed by atoms with Gasteiger partial charge in [-0.25, -0.2) is 0 Å². The molecular weight excluding hydrogens is 245 g/mol. The lowest BCUT2D eigenvalue weighted by Gasteiger charge is -2.36. The van der Waals surface area contributed by atoms with Crippen LogP contribution in [0.3, 0.4) is 0 Å². The first-order valence-electron chi connectivity index (χ1n) is 6.09. The van der Waals surface area contributed by atoms with Gasteiger partial charge in [0, 0.05) is 19.0 Å². The van der Waals surface area contributed by atoms with Crippen molar-refractivity contribution in [2.45, 2.75) is 32.1 Å². The highest BCUT2D eigenvalue weighted by Crippen LogP contribution is 2.45. The Morgan fingerprint density at radius 3 is 2.50 bits per heavy atom. The summed E-state index contributed by atoms with van der Waals surface area (Å²) in [4.78, 5) is 13.5. The lowest BCUT2D eigenvalue weighted by molar-refractivity contribution is -0.128. The highest BCUT2D eigenvalue weighted by Gasteiger charge is 2.41. The fourth-order valence-electron chi connectivity index (χ4n) is 3.08. The number of rotatable bonds is 2. The van der Waals surface area contributed by atoms with Crippen molar-refractivity contribution in [3.05, 3.63) is 0 Å². The zero-order chi connectivity index (χ0) is 11.6. The van der Waals surface area contributed by atoms with E-state index in [0.29, 0.717) is 11.3 Å². The second-order valence-electron chi connectivity index (χ2n) is 5.30. The number of amides is 1. The lowest BCUT2D eigenvalue weighted by atomic mass is 9.70. The summed E-state index contributed by atoms with van der Waals surface area (Å²) in [6.07, 6.45) is 6.08. The molecule has 0 aromatic carbocycles. The molecule has 1 aliphatic carbocycles. The molecule has 0 unspecified atom stereocenters. The minimum Gasteiger partial charge on any atom is -0.341 e. The molecule has 2 rings (SSSR count). The van der Waals surface area contributed by atoms with E-state index in [4.69, 9.17) is 23.2 Å². The Hall–Kier alpha value is 0.0500. The monoisotopic (exact) mass is 263 g/mol. The van der Waals surface area contributed by atoms with E-state index in [9.17, 15) is 4.79 Å². The molecule has 0 atom stereocenters. The molecule has 1 saturated heterocycles. The van der Waals surface area contributed by atoms with E-state index in [1.807, 2.05) is 4.90 Å². The van der Waals surface area contributed by atoms with Gasteiger partial charge in [0.05, 0.1) is 0 Å². The van der Waals surface area contributed by atoms with Crippen LogP contribution in [0.4, 0.5) is 0 Å². The number of likely N-dealkylation sites (tertiary alicyclic amines) is 1. The first kappa shape index (κ1) is 12.5. The zero-order valence-electron chi connectivity index (χ0n) is 9.55. The molecule has 0 N–H and O–H groups in total. The molecule has 1 spiro atoms. The predicted octanol–water partition coefficient (Wildman–Crippen LogP) is 2.87. The number of carbonyl (C=O) groups is 1. The summed E-state index contributed by atoms with van der Waals surface area (Å²) in [5.74, 6) is 1.71. The topological polar surface area (TPSA) is 20.3 Å². The van der Waals surface area contributed by atoms with Crippen molar-refractivity contribution in [3.63, 3.8) is 0 Å². The third kappa shape index (κ3) is 2.48. The van der Waals surface area contributed by atoms with Gasteiger partial charge in [-0.15, -0.1) is 23.2 Å². The fourth-order valence-corrected chi connectivity index (χ4v) is 3.56. The minimum atomic E-state index is 0.0954. The molecule has 0 bridgehead atoms. The van der Waals surface area contributed by atoms with Crippen molar-refractivity contribution >= 4 is 29.1 Å². The van der Waals surface area contributed by atoms with E-state index in [1.54, 1.807) is 0 Å². The van der Waals surface area contributed by atoms with Crippen molar-refractivity contribution in [3.8, 4) is 0 Å². The van der Waals surface area contributed by atoms with Crippen molar-refractivity contribution < 1.29 is 4.79 Å². The summed E-state index contributed by atoms with van der Waals surface area (Å²) in [5, 5.41) is 0. The molecule has 1 aliphatic heterocycles. The first-order chi connectivity index (χ1) is 7.69. The molecule has 1 saturated carbocycles. The summed E-state index contributed by atoms with van der Waals surface area (Å²) in [6.45, 7) is 1.82. The van der Waals surface area contributed by atoms with Crippen LogP contribution in [0.25, 0.3) is 0 Å². The summed E-state index contributed by atoms with van der Waals surface area (Å²) in [5.41, 5.74) is 0.393. The van der Waals surface area contributed by atoms with Gasteiger partial charge >= 0.3 is 0 Å². The SMILES string of the molecule is O=C(CCl)N1CCC2(CCC(CCl)CC2)C1. The van der Waals surface area contributed by atoms with E-state index >= 15 is 0 Å². The van der Waals surface area contributed by atoms with E-state index in [0.717, 1.165) is 25.4 Å². The number of halogens is 2. The van der Waals surface area contributed by atoms with E-state index < -0.39 is 0 Å². The molecule has 16 heavy (non-hydrogen) atoms. The van der Waals surface area contributed by atoms with Crippen LogP contribution in [0.5, 0.6) is 0 Å². The van der Waals surface area contributed by atoms with Crippen molar-refractivity contribution in [2.24, 2.45) is 11.3 Å². The largest absolute Gasteiger partial charge is 0.341 e. The van der Waals surface area contributed by atoms with Crippen LogP contribution in [0, 0.1) is 11.3 Å². The molecule has 0 aromatic heterocycles. The highest BCUT2D eigenvalue weighted by molar-refractivity contribution is 6.27. The molecule has 4 heteroatoms. The summed E-state index contributed by atoms with van der Waals surface area (Å²) in [6, 6.07) is 0. The molecule has 0 aromatic rings. The van der Waals surface area contributed by atoms with Crippen LogP contribution >= 0.6 is 23.2 Å². The van der Waals surface area contributed by atoms with Crippen LogP contribution in [0.1, 0.15) is 32.1 Å². The van der Waals surface area contributed by atoms with Gasteiger partial charge in [-0.1, -0.05) is 0 Å². The Kier molecular flexibility index (Phi) is 4.01. The zero-order valence-corrected chi connectivity index (χ0v) is 11.1. The van der Waals surface area contributed by atoms with E-state index in [-0.39, 0.29) is 11.8 Å². The maximum Gasteiger partial charge on any atom is 0.237 e. The third-order valence-corrected chi connectivity index (χ3v) is 4.95. The van der Waals surface area contributed by atoms with E-state index in [2.05, 4.69) is 0 Å². The fraction of sp³-hybridized carbons (Fsp3) is 0.917. The average molecular weight is 264 g/mol. The van der Waals surface area contributed by atoms with Gasteiger partial charge in [0.25, 0.3) is 0 Å². The first-order valence-corrected chi connectivity index (χ1v) is 7.16. The van der Waals surface area contributed by atoms with Crippen molar-refractivity contribution in [1.82, 2.24) is 4.90 Å². The number of nitrogens with zero attached hydrogens (tertiary/aromatic N) is 1. The van der Waals surface area contributed by atoms with Gasteiger partial charge in [0.1, 0.15) is 5.88 Å². The third-order valence-electron chi connectivity index (χ3n) is 4.29. The normalized spacial score (nSPS) is 34.6. The molecule has 2 aliphatic rings. The van der Waals surface area contributed by atoms with Crippen LogP contribution < -0.4 is 0 Å². The van der Waals surface area contributed by atoms with Gasteiger partial charge in [0.15, 0.2) is 0 Å². The second-order valence-corrected chi connectivity index (χ2v) is 5.87. The van der Waals surface area contributed by atoms with Gasteiger partial charge in [-0.05, 0) is 43.4 Å². The Morgan fingerprint density at radius 2 is 1.94 bits per heavy atom. The maximum absolute atomic E-state index is 11.5. The number of hydrogen-bond donors (Lipinski definition) is 0. The molecule has 2 nitrogen and oxygen atoms in total. The average Bonchev–Trinajstić information content (AvgIpc) is 2.73. The molecule has 2 fully saturated rings. The molecule has 0 radical (unpaired) electrons. The number of hydrogen-bond acceptors (Lipinski definition) is 1. The second kappa shape index (κ2) is 5.14. The summed E-state index contributed by atoms with van der Waals surface area (Å²) < 4.78 is 0. The summed E-state index contributed by atoms with van der Waals surface area (Å²) >= 11 is 11.5. The van der Waals surface area contributed by atoms with Crippen LogP contribution in [-0.4, -0.2) is 35.7 Å². The minimum absolute atomic E-state index is 0.0954. The van der Waals surface area contributed by atoms with Gasteiger partial charge < -0.3 is 4.90 Å².